The molecule has 0 heterocycles. The van der Waals surface area contributed by atoms with Crippen molar-refractivity contribution < 1.29 is 14.8 Å². The Morgan fingerprint density at radius 3 is 2.73 bits per heavy atom. The zero-order valence-electron chi connectivity index (χ0n) is 13.2. The normalized spacial score (nSPS) is 10.6. The van der Waals surface area contributed by atoms with Crippen LogP contribution in [0.5, 0.6) is 11.5 Å². The van der Waals surface area contributed by atoms with Crippen LogP contribution in [-0.2, 0) is 0 Å². The van der Waals surface area contributed by atoms with Gasteiger partial charge in [0, 0.05) is 16.7 Å². The number of aromatic hydroxyl groups is 1. The maximum absolute atomic E-state index is 10.9. The van der Waals surface area contributed by atoms with Crippen molar-refractivity contribution in [1.29, 1.82) is 0 Å². The lowest BCUT2D eigenvalue weighted by atomic mass is 10.2. The summed E-state index contributed by atoms with van der Waals surface area (Å²) >= 11 is 16.9. The third-order valence-electron chi connectivity index (χ3n) is 3.07. The number of thiocarbonyl (C=S) groups is 1. The van der Waals surface area contributed by atoms with Gasteiger partial charge in [-0.25, -0.2) is 0 Å². The van der Waals surface area contributed by atoms with Crippen LogP contribution in [-0.4, -0.2) is 28.5 Å². The van der Waals surface area contributed by atoms with Gasteiger partial charge in [-0.05, 0) is 30.4 Å². The molecule has 11 heteroatoms. The van der Waals surface area contributed by atoms with E-state index in [1.165, 1.54) is 13.3 Å². The number of hydrogen-bond donors (Lipinski definition) is 3. The smallest absolute Gasteiger partial charge is 0.274 e. The monoisotopic (exact) mass is 414 g/mol. The first-order chi connectivity index (χ1) is 12.3. The average molecular weight is 415 g/mol. The second-order valence-electron chi connectivity index (χ2n) is 4.79. The summed E-state index contributed by atoms with van der Waals surface area (Å²) in [6.45, 7) is 0. The molecule has 0 amide bonds. The summed E-state index contributed by atoms with van der Waals surface area (Å²) in [5, 5.41) is 28.5. The lowest BCUT2D eigenvalue weighted by Crippen LogP contribution is -2.24. The number of non-ortho nitro benzene ring substituents is 1. The molecule has 0 aromatic heterocycles. The predicted molar refractivity (Wildman–Crippen MR) is 105 cm³/mol. The highest BCUT2D eigenvalue weighted by Crippen LogP contribution is 2.33. The van der Waals surface area contributed by atoms with E-state index in [2.05, 4.69) is 15.8 Å². The molecule has 0 radical (unpaired) electrons. The number of halogens is 2. The molecule has 2 aromatic carbocycles. The number of ether oxygens (including phenoxy) is 1. The van der Waals surface area contributed by atoms with Crippen molar-refractivity contribution in [3.63, 3.8) is 0 Å². The fourth-order valence-electron chi connectivity index (χ4n) is 1.88. The van der Waals surface area contributed by atoms with Gasteiger partial charge in [0.25, 0.3) is 5.69 Å². The molecule has 26 heavy (non-hydrogen) atoms. The Labute approximate surface area is 163 Å². The maximum Gasteiger partial charge on any atom is 0.274 e. The van der Waals surface area contributed by atoms with Crippen molar-refractivity contribution in [2.45, 2.75) is 0 Å². The minimum absolute atomic E-state index is 0.0469. The van der Waals surface area contributed by atoms with Crippen molar-refractivity contribution in [1.82, 2.24) is 5.43 Å². The molecular weight excluding hydrogens is 403 g/mol. The number of benzene rings is 2. The van der Waals surface area contributed by atoms with Crippen LogP contribution in [0.4, 0.5) is 11.4 Å². The van der Waals surface area contributed by atoms with E-state index < -0.39 is 4.92 Å². The van der Waals surface area contributed by atoms with E-state index >= 15 is 0 Å². The molecule has 8 nitrogen and oxygen atoms in total. The zero-order chi connectivity index (χ0) is 19.3. The van der Waals surface area contributed by atoms with Crippen LogP contribution in [0.15, 0.2) is 35.4 Å². The van der Waals surface area contributed by atoms with Crippen LogP contribution in [0, 0.1) is 10.1 Å². The van der Waals surface area contributed by atoms with Gasteiger partial charge in [-0.15, -0.1) is 0 Å². The van der Waals surface area contributed by atoms with Crippen molar-refractivity contribution in [3.05, 3.63) is 56.1 Å². The second-order valence-corrected chi connectivity index (χ2v) is 6.04. The highest BCUT2D eigenvalue weighted by atomic mass is 35.5. The average Bonchev–Trinajstić information content (AvgIpc) is 2.58. The van der Waals surface area contributed by atoms with Gasteiger partial charge >= 0.3 is 0 Å². The zero-order valence-corrected chi connectivity index (χ0v) is 15.5. The SMILES string of the molecule is COc1cc([N+](=O)[O-])cc(/C=N\NC(=S)Nc2ccc(Cl)cc2Cl)c1O. The molecule has 0 saturated heterocycles. The summed E-state index contributed by atoms with van der Waals surface area (Å²) < 4.78 is 4.91. The third kappa shape index (κ3) is 4.94. The van der Waals surface area contributed by atoms with Crippen molar-refractivity contribution >= 4 is 58.1 Å². The van der Waals surface area contributed by atoms with E-state index in [1.54, 1.807) is 18.2 Å². The number of nitrogens with zero attached hydrogens (tertiary/aromatic N) is 2. The van der Waals surface area contributed by atoms with Crippen LogP contribution in [0.3, 0.4) is 0 Å². The molecule has 0 fully saturated rings. The summed E-state index contributed by atoms with van der Waals surface area (Å²) in [5.74, 6) is -0.336. The molecule has 0 aliphatic carbocycles. The summed E-state index contributed by atoms with van der Waals surface area (Å²) in [4.78, 5) is 10.3. The molecule has 0 spiro atoms. The van der Waals surface area contributed by atoms with Gasteiger partial charge in [-0.2, -0.15) is 5.10 Å². The lowest BCUT2D eigenvalue weighted by molar-refractivity contribution is -0.385. The summed E-state index contributed by atoms with van der Waals surface area (Å²) in [6, 6.07) is 7.07. The van der Waals surface area contributed by atoms with E-state index in [9.17, 15) is 15.2 Å². The Hall–Kier alpha value is -2.62. The molecule has 0 saturated carbocycles. The molecule has 0 atom stereocenters. The molecular formula is C15H12Cl2N4O4S. The van der Waals surface area contributed by atoms with E-state index in [-0.39, 0.29) is 27.9 Å². The van der Waals surface area contributed by atoms with E-state index in [0.717, 1.165) is 12.1 Å². The first-order valence-electron chi connectivity index (χ1n) is 6.92. The maximum atomic E-state index is 10.9. The number of nitro groups is 1. The van der Waals surface area contributed by atoms with Gasteiger partial charge < -0.3 is 15.2 Å². The number of phenols is 1. The Kier molecular flexibility index (Phi) is 6.56. The highest BCUT2D eigenvalue weighted by Gasteiger charge is 2.15. The molecule has 2 rings (SSSR count). The largest absolute Gasteiger partial charge is 0.504 e. The van der Waals surface area contributed by atoms with Crippen LogP contribution in [0.1, 0.15) is 5.56 Å². The number of rotatable bonds is 5. The van der Waals surface area contributed by atoms with Gasteiger partial charge in [0.05, 0.1) is 35.0 Å². The Morgan fingerprint density at radius 1 is 1.38 bits per heavy atom. The first-order valence-corrected chi connectivity index (χ1v) is 8.08. The van der Waals surface area contributed by atoms with Crippen LogP contribution in [0.2, 0.25) is 10.0 Å². The first kappa shape index (κ1) is 19.7. The standard InChI is InChI=1S/C15H12Cl2N4O4S/c1-25-13-6-10(21(23)24)4-8(14(13)22)7-18-20-15(26)19-12-3-2-9(16)5-11(12)17/h2-7,22H,1H3,(H2,19,20,26)/b18-7-. The van der Waals surface area contributed by atoms with Gasteiger partial charge in [0.1, 0.15) is 0 Å². The summed E-state index contributed by atoms with van der Waals surface area (Å²) in [6.07, 6.45) is 1.17. The number of methoxy groups -OCH3 is 1. The molecule has 2 aromatic rings. The van der Waals surface area contributed by atoms with Crippen molar-refractivity contribution in [2.75, 3.05) is 12.4 Å². The van der Waals surface area contributed by atoms with Crippen LogP contribution < -0.4 is 15.5 Å². The number of hydrogen-bond acceptors (Lipinski definition) is 6. The minimum Gasteiger partial charge on any atom is -0.504 e. The predicted octanol–water partition coefficient (Wildman–Crippen LogP) is 3.94. The number of hydrazone groups is 1. The minimum atomic E-state index is -0.610. The van der Waals surface area contributed by atoms with Crippen molar-refractivity contribution in [2.24, 2.45) is 5.10 Å². The summed E-state index contributed by atoms with van der Waals surface area (Å²) in [7, 11) is 1.28. The fourth-order valence-corrected chi connectivity index (χ4v) is 2.49. The van der Waals surface area contributed by atoms with Gasteiger partial charge in [0.15, 0.2) is 16.6 Å². The van der Waals surface area contributed by atoms with Gasteiger partial charge in [-0.3, -0.25) is 15.5 Å². The molecule has 0 bridgehead atoms. The molecule has 0 aliphatic rings. The van der Waals surface area contributed by atoms with Crippen LogP contribution in [0.25, 0.3) is 0 Å². The topological polar surface area (TPSA) is 109 Å². The Morgan fingerprint density at radius 2 is 2.12 bits per heavy atom. The molecule has 3 N–H and O–H groups in total. The molecule has 0 unspecified atom stereocenters. The third-order valence-corrected chi connectivity index (χ3v) is 3.81. The number of nitro benzene ring substituents is 1. The van der Waals surface area contributed by atoms with Gasteiger partial charge in [0.2, 0.25) is 0 Å². The summed E-state index contributed by atoms with van der Waals surface area (Å²) in [5.41, 5.74) is 2.85. The number of phenolic OH excluding ortho intramolecular Hbond substituents is 1. The van der Waals surface area contributed by atoms with Gasteiger partial charge in [-0.1, -0.05) is 23.2 Å². The molecule has 0 aliphatic heterocycles. The fraction of sp³-hybridized carbons (Fsp3) is 0.0667. The second kappa shape index (κ2) is 8.65. The highest BCUT2D eigenvalue weighted by molar-refractivity contribution is 7.80. The van der Waals surface area contributed by atoms with E-state index in [4.69, 9.17) is 40.2 Å². The number of nitrogens with one attached hydrogen (secondary N) is 2. The Balaban J connectivity index is 2.11. The quantitative estimate of drug-likeness (QED) is 0.294. The lowest BCUT2D eigenvalue weighted by Gasteiger charge is -2.09. The van der Waals surface area contributed by atoms with Crippen LogP contribution >= 0.6 is 35.4 Å². The Bertz CT molecular complexity index is 892. The van der Waals surface area contributed by atoms with E-state index in [1.807, 2.05) is 0 Å². The van der Waals surface area contributed by atoms with Crippen molar-refractivity contribution in [3.8, 4) is 11.5 Å². The molecule has 136 valence electrons. The number of anilines is 1. The van der Waals surface area contributed by atoms with E-state index in [0.29, 0.717) is 15.7 Å².